The fourth-order valence-corrected chi connectivity index (χ4v) is 2.63. The van der Waals surface area contributed by atoms with Crippen LogP contribution in [0.25, 0.3) is 22.5 Å². The molecule has 1 aromatic heterocycles. The van der Waals surface area contributed by atoms with Crippen molar-refractivity contribution in [3.8, 4) is 22.5 Å². The average Bonchev–Trinajstić information content (AvgIpc) is 2.60. The molecular formula is C19H14ClF3N2. The first-order valence-electron chi connectivity index (χ1n) is 7.75. The summed E-state index contributed by atoms with van der Waals surface area (Å²) >= 11 is 5.46. The number of benzene rings is 2. The Balaban J connectivity index is 1.96. The Morgan fingerprint density at radius 2 is 1.48 bits per heavy atom. The molecule has 0 aliphatic carbocycles. The highest BCUT2D eigenvalue weighted by molar-refractivity contribution is 6.31. The summed E-state index contributed by atoms with van der Waals surface area (Å²) in [5.41, 5.74) is 1.64. The van der Waals surface area contributed by atoms with E-state index < -0.39 is 22.5 Å². The molecule has 0 unspecified atom stereocenters. The van der Waals surface area contributed by atoms with Crippen molar-refractivity contribution in [2.45, 2.75) is 19.8 Å². The summed E-state index contributed by atoms with van der Waals surface area (Å²) in [4.78, 5) is 8.47. The molecule has 0 radical (unpaired) electrons. The largest absolute Gasteiger partial charge is 0.236 e. The van der Waals surface area contributed by atoms with Gasteiger partial charge in [-0.2, -0.15) is 0 Å². The number of hydrogen-bond acceptors (Lipinski definition) is 2. The van der Waals surface area contributed by atoms with Crippen molar-refractivity contribution in [3.63, 3.8) is 0 Å². The molecule has 0 saturated carbocycles. The van der Waals surface area contributed by atoms with Crippen LogP contribution in [-0.2, 0) is 6.42 Å². The van der Waals surface area contributed by atoms with Gasteiger partial charge in [-0.05, 0) is 35.7 Å². The molecule has 0 N–H and O–H groups in total. The van der Waals surface area contributed by atoms with Crippen molar-refractivity contribution in [1.29, 1.82) is 0 Å². The zero-order chi connectivity index (χ0) is 18.0. The van der Waals surface area contributed by atoms with Gasteiger partial charge in [-0.1, -0.05) is 37.1 Å². The van der Waals surface area contributed by atoms with E-state index in [0.29, 0.717) is 11.4 Å². The molecule has 0 aliphatic rings. The summed E-state index contributed by atoms with van der Waals surface area (Å²) in [6.45, 7) is 2.06. The number of rotatable bonds is 4. The van der Waals surface area contributed by atoms with E-state index in [1.54, 1.807) is 18.5 Å². The Hall–Kier alpha value is -2.40. The highest BCUT2D eigenvalue weighted by atomic mass is 35.5. The second kappa shape index (κ2) is 7.23. The highest BCUT2D eigenvalue weighted by Crippen LogP contribution is 2.30. The van der Waals surface area contributed by atoms with Gasteiger partial charge in [0, 0.05) is 23.5 Å². The molecule has 128 valence electrons. The number of aryl methyl sites for hydroxylation is 1. The van der Waals surface area contributed by atoms with E-state index in [2.05, 4.69) is 16.9 Å². The first kappa shape index (κ1) is 17.4. The number of nitrogens with zero attached hydrogens (tertiary/aromatic N) is 2. The predicted molar refractivity (Wildman–Crippen MR) is 91.8 cm³/mol. The van der Waals surface area contributed by atoms with E-state index in [0.717, 1.165) is 30.5 Å². The van der Waals surface area contributed by atoms with Crippen LogP contribution in [0.1, 0.15) is 18.9 Å². The second-order valence-corrected chi connectivity index (χ2v) is 5.99. The highest BCUT2D eigenvalue weighted by Gasteiger charge is 2.14. The van der Waals surface area contributed by atoms with Crippen LogP contribution in [-0.4, -0.2) is 9.97 Å². The van der Waals surface area contributed by atoms with Crippen molar-refractivity contribution in [2.24, 2.45) is 0 Å². The minimum Gasteiger partial charge on any atom is -0.236 e. The molecule has 2 nitrogen and oxygen atoms in total. The fourth-order valence-electron chi connectivity index (χ4n) is 2.52. The van der Waals surface area contributed by atoms with Crippen molar-refractivity contribution < 1.29 is 13.2 Å². The van der Waals surface area contributed by atoms with Crippen molar-refractivity contribution >= 4 is 11.6 Å². The molecule has 0 bridgehead atoms. The minimum atomic E-state index is -0.935. The molecule has 0 spiro atoms. The predicted octanol–water partition coefficient (Wildman–Crippen LogP) is 5.83. The van der Waals surface area contributed by atoms with Gasteiger partial charge in [0.25, 0.3) is 0 Å². The first-order valence-corrected chi connectivity index (χ1v) is 8.13. The second-order valence-electron chi connectivity index (χ2n) is 5.61. The Kier molecular flexibility index (Phi) is 5.04. The topological polar surface area (TPSA) is 25.8 Å². The van der Waals surface area contributed by atoms with Gasteiger partial charge in [0.2, 0.25) is 0 Å². The summed E-state index contributed by atoms with van der Waals surface area (Å²) in [6, 6.07) is 6.29. The summed E-state index contributed by atoms with van der Waals surface area (Å²) < 4.78 is 41.6. The fraction of sp³-hybridized carbons (Fsp3) is 0.158. The van der Waals surface area contributed by atoms with Crippen LogP contribution in [0, 0.1) is 17.5 Å². The smallest absolute Gasteiger partial charge is 0.159 e. The van der Waals surface area contributed by atoms with Crippen LogP contribution in [0.3, 0.4) is 0 Å². The van der Waals surface area contributed by atoms with E-state index in [4.69, 9.17) is 11.6 Å². The Bertz CT molecular complexity index is 888. The van der Waals surface area contributed by atoms with Gasteiger partial charge < -0.3 is 0 Å². The maximum absolute atomic E-state index is 14.5. The molecule has 0 aliphatic heterocycles. The minimum absolute atomic E-state index is 0.0702. The van der Waals surface area contributed by atoms with Crippen molar-refractivity contribution in [2.75, 3.05) is 0 Å². The molecule has 3 aromatic rings. The van der Waals surface area contributed by atoms with Crippen molar-refractivity contribution in [3.05, 3.63) is 70.8 Å². The molecule has 0 fully saturated rings. The normalized spacial score (nSPS) is 10.9. The zero-order valence-electron chi connectivity index (χ0n) is 13.4. The van der Waals surface area contributed by atoms with E-state index in [9.17, 15) is 13.2 Å². The Morgan fingerprint density at radius 3 is 2.04 bits per heavy atom. The van der Waals surface area contributed by atoms with Gasteiger partial charge in [-0.3, -0.25) is 0 Å². The van der Waals surface area contributed by atoms with Crippen LogP contribution in [0.15, 0.2) is 42.7 Å². The summed E-state index contributed by atoms with van der Waals surface area (Å²) in [7, 11) is 0. The average molecular weight is 363 g/mol. The van der Waals surface area contributed by atoms with Gasteiger partial charge >= 0.3 is 0 Å². The van der Waals surface area contributed by atoms with Crippen LogP contribution < -0.4 is 0 Å². The number of halogens is 4. The molecule has 0 saturated heterocycles. The van der Waals surface area contributed by atoms with Crippen LogP contribution >= 0.6 is 11.6 Å². The lowest BCUT2D eigenvalue weighted by Gasteiger charge is -2.08. The third-order valence-corrected chi connectivity index (χ3v) is 4.13. The van der Waals surface area contributed by atoms with Crippen molar-refractivity contribution in [1.82, 2.24) is 9.97 Å². The maximum Gasteiger partial charge on any atom is 0.159 e. The van der Waals surface area contributed by atoms with Gasteiger partial charge in [0.1, 0.15) is 22.5 Å². The lowest BCUT2D eigenvalue weighted by molar-refractivity contribution is 0.584. The van der Waals surface area contributed by atoms with E-state index in [-0.39, 0.29) is 11.1 Å². The van der Waals surface area contributed by atoms with Crippen LogP contribution in [0.2, 0.25) is 5.02 Å². The third-order valence-electron chi connectivity index (χ3n) is 3.77. The lowest BCUT2D eigenvalue weighted by atomic mass is 10.0. The molecule has 0 amide bonds. The quantitative estimate of drug-likeness (QED) is 0.545. The summed E-state index contributed by atoms with van der Waals surface area (Å²) in [5.74, 6) is -2.11. The monoisotopic (exact) mass is 362 g/mol. The van der Waals surface area contributed by atoms with E-state index in [1.165, 1.54) is 12.1 Å². The number of hydrogen-bond donors (Lipinski definition) is 0. The summed E-state index contributed by atoms with van der Waals surface area (Å²) in [5, 5.41) is -0.610. The van der Waals surface area contributed by atoms with Gasteiger partial charge in [0.05, 0.1) is 0 Å². The lowest BCUT2D eigenvalue weighted by Crippen LogP contribution is -1.94. The molecule has 0 atom stereocenters. The third kappa shape index (κ3) is 3.66. The molecule has 25 heavy (non-hydrogen) atoms. The summed E-state index contributed by atoms with van der Waals surface area (Å²) in [6.07, 6.45) is 5.28. The van der Waals surface area contributed by atoms with Crippen LogP contribution in [0.4, 0.5) is 13.2 Å². The Labute approximate surface area is 148 Å². The van der Waals surface area contributed by atoms with Crippen LogP contribution in [0.5, 0.6) is 0 Å². The Morgan fingerprint density at radius 1 is 0.880 bits per heavy atom. The van der Waals surface area contributed by atoms with Gasteiger partial charge in [-0.15, -0.1) is 0 Å². The van der Waals surface area contributed by atoms with Gasteiger partial charge in [-0.25, -0.2) is 23.1 Å². The molecule has 1 heterocycles. The molecule has 2 aromatic carbocycles. The van der Waals surface area contributed by atoms with E-state index >= 15 is 0 Å². The molecular weight excluding hydrogens is 349 g/mol. The number of aromatic nitrogens is 2. The molecule has 3 rings (SSSR count). The SMILES string of the molecule is CCCc1cnc(-c2ccc(-c3cc(F)c(Cl)c(F)c3)c(F)c2)nc1. The zero-order valence-corrected chi connectivity index (χ0v) is 14.1. The first-order chi connectivity index (χ1) is 12.0. The molecule has 6 heteroatoms. The van der Waals surface area contributed by atoms with Gasteiger partial charge in [0.15, 0.2) is 5.82 Å². The maximum atomic E-state index is 14.5. The van der Waals surface area contributed by atoms with E-state index in [1.807, 2.05) is 0 Å². The standard InChI is InChI=1S/C19H14ClF3N2/c1-2-3-11-9-24-19(25-10-11)12-4-5-14(15(21)6-12)13-7-16(22)18(20)17(23)8-13/h4-10H,2-3H2,1H3.